The molecule has 0 saturated carbocycles. The Morgan fingerprint density at radius 1 is 1.35 bits per heavy atom. The molecular weight excluding hydrogens is 214 g/mol. The molecule has 1 rings (SSSR count). The van der Waals surface area contributed by atoms with Crippen molar-refractivity contribution in [3.05, 3.63) is 23.8 Å². The van der Waals surface area contributed by atoms with E-state index in [0.29, 0.717) is 12.2 Å². The summed E-state index contributed by atoms with van der Waals surface area (Å²) in [7, 11) is 1.61. The molecule has 1 amide bonds. The summed E-state index contributed by atoms with van der Waals surface area (Å²) in [6.07, 6.45) is 0.490. The average Bonchev–Trinajstić information content (AvgIpc) is 2.17. The van der Waals surface area contributed by atoms with Crippen LogP contribution in [0.3, 0.4) is 0 Å². The van der Waals surface area contributed by atoms with Gasteiger partial charge in [-0.3, -0.25) is 4.79 Å². The predicted octanol–water partition coefficient (Wildman–Crippen LogP) is 3.38. The molecule has 3 nitrogen and oxygen atoms in total. The van der Waals surface area contributed by atoms with Crippen molar-refractivity contribution in [1.29, 1.82) is 0 Å². The van der Waals surface area contributed by atoms with Crippen LogP contribution in [0.2, 0.25) is 0 Å². The Balaban J connectivity index is 2.78. The van der Waals surface area contributed by atoms with Gasteiger partial charge in [0.05, 0.1) is 12.8 Å². The summed E-state index contributed by atoms with van der Waals surface area (Å²) in [5.41, 5.74) is 1.82. The Kier molecular flexibility index (Phi) is 4.16. The average molecular weight is 235 g/mol. The summed E-state index contributed by atoms with van der Waals surface area (Å²) in [6, 6.07) is 5.73. The highest BCUT2D eigenvalue weighted by Crippen LogP contribution is 2.26. The third-order valence-electron chi connectivity index (χ3n) is 2.32. The highest BCUT2D eigenvalue weighted by Gasteiger charge is 2.17. The van der Waals surface area contributed by atoms with Crippen LogP contribution in [-0.4, -0.2) is 13.0 Å². The maximum absolute atomic E-state index is 11.8. The van der Waals surface area contributed by atoms with E-state index >= 15 is 0 Å². The molecule has 0 unspecified atom stereocenters. The van der Waals surface area contributed by atoms with Crippen molar-refractivity contribution in [3.63, 3.8) is 0 Å². The summed E-state index contributed by atoms with van der Waals surface area (Å²) in [5.74, 6) is 0.715. The molecule has 1 N–H and O–H groups in total. The monoisotopic (exact) mass is 235 g/mol. The number of methoxy groups -OCH3 is 1. The number of ether oxygens (including phenoxy) is 1. The van der Waals surface area contributed by atoms with Crippen molar-refractivity contribution < 1.29 is 9.53 Å². The SMILES string of the molecule is COc1cc(C)ccc1NC(=O)CC(C)(C)C. The van der Waals surface area contributed by atoms with Gasteiger partial charge in [0, 0.05) is 6.42 Å². The van der Waals surface area contributed by atoms with E-state index in [4.69, 9.17) is 4.74 Å². The van der Waals surface area contributed by atoms with Gasteiger partial charge in [-0.25, -0.2) is 0 Å². The molecule has 0 radical (unpaired) electrons. The summed E-state index contributed by atoms with van der Waals surface area (Å²) < 4.78 is 5.24. The van der Waals surface area contributed by atoms with E-state index < -0.39 is 0 Å². The molecule has 1 aromatic rings. The predicted molar refractivity (Wildman–Crippen MR) is 70.4 cm³/mol. The Morgan fingerprint density at radius 3 is 2.53 bits per heavy atom. The van der Waals surface area contributed by atoms with Gasteiger partial charge in [0.1, 0.15) is 5.75 Å². The van der Waals surface area contributed by atoms with Gasteiger partial charge in [0.2, 0.25) is 5.91 Å². The van der Waals surface area contributed by atoms with Gasteiger partial charge in [0.25, 0.3) is 0 Å². The molecule has 3 heteroatoms. The van der Waals surface area contributed by atoms with Gasteiger partial charge in [0.15, 0.2) is 0 Å². The lowest BCUT2D eigenvalue weighted by Gasteiger charge is -2.18. The summed E-state index contributed by atoms with van der Waals surface area (Å²) >= 11 is 0. The van der Waals surface area contributed by atoms with Crippen LogP contribution in [0, 0.1) is 12.3 Å². The molecule has 0 aliphatic rings. The standard InChI is InChI=1S/C14H21NO2/c1-10-6-7-11(12(8-10)17-5)15-13(16)9-14(2,3)4/h6-8H,9H2,1-5H3,(H,15,16). The van der Waals surface area contributed by atoms with E-state index in [0.717, 1.165) is 11.3 Å². The van der Waals surface area contributed by atoms with E-state index in [9.17, 15) is 4.79 Å². The van der Waals surface area contributed by atoms with Gasteiger partial charge in [-0.1, -0.05) is 26.8 Å². The first-order valence-corrected chi connectivity index (χ1v) is 5.76. The molecule has 0 fully saturated rings. The number of carbonyl (C=O) groups excluding carboxylic acids is 1. The minimum Gasteiger partial charge on any atom is -0.495 e. The van der Waals surface area contributed by atoms with Gasteiger partial charge >= 0.3 is 0 Å². The third-order valence-corrected chi connectivity index (χ3v) is 2.32. The zero-order valence-electron chi connectivity index (χ0n) is 11.3. The fourth-order valence-electron chi connectivity index (χ4n) is 1.58. The number of rotatable bonds is 3. The van der Waals surface area contributed by atoms with Crippen molar-refractivity contribution in [3.8, 4) is 5.75 Å². The number of hydrogen-bond acceptors (Lipinski definition) is 2. The Morgan fingerprint density at radius 2 is 2.00 bits per heavy atom. The van der Waals surface area contributed by atoms with Crippen molar-refractivity contribution in [2.75, 3.05) is 12.4 Å². The molecule has 1 aromatic carbocycles. The second-order valence-corrected chi connectivity index (χ2v) is 5.49. The molecule has 0 atom stereocenters. The molecule has 17 heavy (non-hydrogen) atoms. The lowest BCUT2D eigenvalue weighted by molar-refractivity contribution is -0.117. The van der Waals surface area contributed by atoms with Crippen molar-refractivity contribution in [2.24, 2.45) is 5.41 Å². The van der Waals surface area contributed by atoms with Crippen molar-refractivity contribution >= 4 is 11.6 Å². The molecule has 0 saturated heterocycles. The van der Waals surface area contributed by atoms with Crippen LogP contribution in [-0.2, 0) is 4.79 Å². The van der Waals surface area contributed by atoms with Crippen LogP contribution in [0.1, 0.15) is 32.8 Å². The number of anilines is 1. The van der Waals surface area contributed by atoms with Gasteiger partial charge in [-0.05, 0) is 30.0 Å². The van der Waals surface area contributed by atoms with Crippen molar-refractivity contribution in [2.45, 2.75) is 34.1 Å². The van der Waals surface area contributed by atoms with E-state index in [1.807, 2.05) is 45.9 Å². The summed E-state index contributed by atoms with van der Waals surface area (Å²) in [5, 5.41) is 2.88. The number of benzene rings is 1. The van der Waals surface area contributed by atoms with Crippen molar-refractivity contribution in [1.82, 2.24) is 0 Å². The minimum absolute atomic E-state index is 0.0119. The Labute approximate surface area is 103 Å². The number of amides is 1. The van der Waals surface area contributed by atoms with Crippen LogP contribution in [0.5, 0.6) is 5.75 Å². The molecule has 0 aliphatic heterocycles. The normalized spacial score (nSPS) is 11.1. The number of nitrogens with one attached hydrogen (secondary N) is 1. The van der Waals surface area contributed by atoms with E-state index in [-0.39, 0.29) is 11.3 Å². The van der Waals surface area contributed by atoms with E-state index in [1.165, 1.54) is 0 Å². The number of aryl methyl sites for hydroxylation is 1. The quantitative estimate of drug-likeness (QED) is 0.872. The molecule has 94 valence electrons. The van der Waals surface area contributed by atoms with Crippen LogP contribution >= 0.6 is 0 Å². The van der Waals surface area contributed by atoms with Crippen LogP contribution in [0.15, 0.2) is 18.2 Å². The molecule has 0 aliphatic carbocycles. The fraction of sp³-hybridized carbons (Fsp3) is 0.500. The van der Waals surface area contributed by atoms with E-state index in [1.54, 1.807) is 7.11 Å². The Bertz CT molecular complexity index is 405. The molecule has 0 heterocycles. The first-order valence-electron chi connectivity index (χ1n) is 5.76. The molecule has 0 spiro atoms. The third kappa shape index (κ3) is 4.47. The summed E-state index contributed by atoms with van der Waals surface area (Å²) in [4.78, 5) is 11.8. The zero-order chi connectivity index (χ0) is 13.1. The number of hydrogen-bond donors (Lipinski definition) is 1. The molecular formula is C14H21NO2. The van der Waals surface area contributed by atoms with E-state index in [2.05, 4.69) is 5.32 Å². The lowest BCUT2D eigenvalue weighted by atomic mass is 9.92. The fourth-order valence-corrected chi connectivity index (χ4v) is 1.58. The van der Waals surface area contributed by atoms with Crippen LogP contribution in [0.4, 0.5) is 5.69 Å². The second-order valence-electron chi connectivity index (χ2n) is 5.49. The second kappa shape index (κ2) is 5.21. The molecule has 0 bridgehead atoms. The highest BCUT2D eigenvalue weighted by molar-refractivity contribution is 5.92. The smallest absolute Gasteiger partial charge is 0.224 e. The topological polar surface area (TPSA) is 38.3 Å². The van der Waals surface area contributed by atoms with Gasteiger partial charge in [-0.2, -0.15) is 0 Å². The van der Waals surface area contributed by atoms with Crippen LogP contribution < -0.4 is 10.1 Å². The zero-order valence-corrected chi connectivity index (χ0v) is 11.3. The maximum atomic E-state index is 11.8. The minimum atomic E-state index is -0.0119. The Hall–Kier alpha value is -1.51. The number of carbonyl (C=O) groups is 1. The molecule has 0 aromatic heterocycles. The van der Waals surface area contributed by atoms with Gasteiger partial charge < -0.3 is 10.1 Å². The van der Waals surface area contributed by atoms with Gasteiger partial charge in [-0.15, -0.1) is 0 Å². The largest absolute Gasteiger partial charge is 0.495 e. The first kappa shape index (κ1) is 13.6. The lowest BCUT2D eigenvalue weighted by Crippen LogP contribution is -2.19. The first-order chi connectivity index (χ1) is 7.81. The van der Waals surface area contributed by atoms with Crippen LogP contribution in [0.25, 0.3) is 0 Å². The highest BCUT2D eigenvalue weighted by atomic mass is 16.5. The maximum Gasteiger partial charge on any atom is 0.224 e. The summed E-state index contributed by atoms with van der Waals surface area (Å²) in [6.45, 7) is 8.11.